The van der Waals surface area contributed by atoms with Crippen LogP contribution in [0.4, 0.5) is 74.6 Å². The van der Waals surface area contributed by atoms with Crippen molar-refractivity contribution in [2.45, 2.75) is 114 Å². The van der Waals surface area contributed by atoms with Crippen LogP contribution in [0, 0.1) is 17.8 Å². The Labute approximate surface area is 293 Å². The second-order valence-corrected chi connectivity index (χ2v) is 12.5. The van der Waals surface area contributed by atoms with Crippen LogP contribution in [-0.4, -0.2) is 66.6 Å². The average Bonchev–Trinajstić information content (AvgIpc) is 3.04. The van der Waals surface area contributed by atoms with Crippen LogP contribution in [0.3, 0.4) is 0 Å². The second kappa shape index (κ2) is 17.6. The molecular weight excluding hydrogens is 767 g/mol. The van der Waals surface area contributed by atoms with Gasteiger partial charge in [-0.2, -0.15) is 74.6 Å². The molecule has 0 aromatic heterocycles. The van der Waals surface area contributed by atoms with Crippen LogP contribution >= 0.6 is 0 Å². The molecule has 1 rings (SSSR count). The van der Waals surface area contributed by atoms with Gasteiger partial charge >= 0.3 is 47.6 Å². The number of alkyl halides is 17. The highest BCUT2D eigenvalue weighted by Gasteiger charge is 2.95. The topological polar surface area (TPSA) is 35.5 Å². The van der Waals surface area contributed by atoms with Crippen molar-refractivity contribution in [3.05, 3.63) is 54.1 Å². The van der Waals surface area contributed by atoms with Gasteiger partial charge in [0.15, 0.2) is 0 Å². The molecule has 0 aliphatic carbocycles. The fraction of sp³-hybridized carbons (Fsp3) is 0.667. The van der Waals surface area contributed by atoms with E-state index in [2.05, 4.69) is 0 Å². The minimum Gasteiger partial charge on any atom is -0.494 e. The Balaban J connectivity index is 2.79. The second-order valence-electron chi connectivity index (χ2n) is 12.5. The summed E-state index contributed by atoms with van der Waals surface area (Å²) in [5.74, 6) is -56.4. The SMILES string of the molecule is C[C@H](/C=C/C[C@@H](C)C=O)C/C=C/[C@@H](C)[C@@H](C)OCc1ccc(OCCCC(F)(F)C(F)(F)C(F)(F)C(F)(F)C(F)(F)C(F)(F)C(F)(F)C(F)(F)F)cc1. The number of benzene rings is 1. The quantitative estimate of drug-likeness (QED) is 0.0507. The summed E-state index contributed by atoms with van der Waals surface area (Å²) in [6, 6.07) is 5.31. The molecule has 0 radical (unpaired) electrons. The van der Waals surface area contributed by atoms with Crippen molar-refractivity contribution < 1.29 is 88.9 Å². The molecule has 0 aliphatic rings. The number of ether oxygens (including phenoxy) is 2. The van der Waals surface area contributed by atoms with Gasteiger partial charge < -0.3 is 14.3 Å². The van der Waals surface area contributed by atoms with Crippen molar-refractivity contribution in [2.24, 2.45) is 17.8 Å². The van der Waals surface area contributed by atoms with Crippen molar-refractivity contribution in [2.75, 3.05) is 6.61 Å². The van der Waals surface area contributed by atoms with E-state index >= 15 is 0 Å². The third kappa shape index (κ3) is 10.6. The molecule has 0 unspecified atom stereocenters. The molecule has 0 aliphatic heterocycles. The van der Waals surface area contributed by atoms with Crippen LogP contribution in [0.25, 0.3) is 0 Å². The van der Waals surface area contributed by atoms with Crippen molar-refractivity contribution in [3.63, 3.8) is 0 Å². The van der Waals surface area contributed by atoms with E-state index in [-0.39, 0.29) is 36.2 Å². The zero-order valence-electron chi connectivity index (χ0n) is 28.4. The van der Waals surface area contributed by atoms with Crippen molar-refractivity contribution in [3.8, 4) is 5.75 Å². The van der Waals surface area contributed by atoms with E-state index in [4.69, 9.17) is 9.47 Å². The smallest absolute Gasteiger partial charge is 0.460 e. The minimum absolute atomic E-state index is 0.0166. The standard InChI is InChI=1S/C33H37F17O3/c1-20(8-5-10-21(2)18-51)9-6-11-22(3)23(4)53-19-24-12-14-25(15-13-24)52-17-7-16-26(34,35)27(36,37)28(38,39)29(40,41)30(42,43)31(44,45)32(46,47)33(48,49)50/h5-6,8,11-15,18,20-23H,7,9-10,16-17,19H2,1-4H3/b8-5+,11-6+/t20-,21-,22-,23-/m1/s1. The number of allylic oxidation sites excluding steroid dienone is 3. The molecule has 4 atom stereocenters. The summed E-state index contributed by atoms with van der Waals surface area (Å²) in [6.45, 7) is 6.58. The van der Waals surface area contributed by atoms with E-state index in [0.717, 1.165) is 12.7 Å². The lowest BCUT2D eigenvalue weighted by molar-refractivity contribution is -0.461. The minimum atomic E-state index is -8.65. The van der Waals surface area contributed by atoms with Gasteiger partial charge in [-0.15, -0.1) is 0 Å². The highest BCUT2D eigenvalue weighted by atomic mass is 19.4. The summed E-state index contributed by atoms with van der Waals surface area (Å²) in [5.41, 5.74) is 0.563. The van der Waals surface area contributed by atoms with Gasteiger partial charge in [0.05, 0.1) is 19.3 Å². The molecule has 0 saturated heterocycles. The molecule has 306 valence electrons. The van der Waals surface area contributed by atoms with Crippen LogP contribution in [-0.2, 0) is 16.1 Å². The van der Waals surface area contributed by atoms with Gasteiger partial charge in [0.1, 0.15) is 12.0 Å². The molecule has 0 fully saturated rings. The van der Waals surface area contributed by atoms with Crippen LogP contribution < -0.4 is 4.74 Å². The Kier molecular flexibility index (Phi) is 15.9. The summed E-state index contributed by atoms with van der Waals surface area (Å²) in [4.78, 5) is 10.7. The van der Waals surface area contributed by atoms with Crippen LogP contribution in [0.15, 0.2) is 48.6 Å². The molecule has 1 aromatic carbocycles. The highest BCUT2D eigenvalue weighted by molar-refractivity contribution is 5.53. The Bertz CT molecular complexity index is 1360. The molecule has 20 heteroatoms. The van der Waals surface area contributed by atoms with E-state index in [1.165, 1.54) is 24.3 Å². The maximum Gasteiger partial charge on any atom is 0.460 e. The molecule has 0 bridgehead atoms. The molecule has 3 nitrogen and oxygen atoms in total. The maximum absolute atomic E-state index is 14.1. The van der Waals surface area contributed by atoms with E-state index in [0.29, 0.717) is 12.0 Å². The molecule has 53 heavy (non-hydrogen) atoms. The van der Waals surface area contributed by atoms with Gasteiger partial charge in [-0.25, -0.2) is 0 Å². The Hall–Kier alpha value is -3.06. The van der Waals surface area contributed by atoms with Gasteiger partial charge in [-0.1, -0.05) is 57.2 Å². The molecule has 0 amide bonds. The third-order valence-corrected chi connectivity index (χ3v) is 8.02. The molecule has 0 saturated carbocycles. The number of hydrogen-bond donors (Lipinski definition) is 0. The van der Waals surface area contributed by atoms with Crippen molar-refractivity contribution >= 4 is 6.29 Å². The van der Waals surface area contributed by atoms with Gasteiger partial charge in [0, 0.05) is 12.3 Å². The van der Waals surface area contributed by atoms with Crippen LogP contribution in [0.5, 0.6) is 5.75 Å². The average molecular weight is 805 g/mol. The number of carbonyl (C=O) groups excluding carboxylic acids is 1. The van der Waals surface area contributed by atoms with E-state index < -0.39 is 67.1 Å². The number of aldehydes is 1. The molecule has 0 N–H and O–H groups in total. The lowest BCUT2D eigenvalue weighted by Gasteiger charge is -2.42. The lowest BCUT2D eigenvalue weighted by atomic mass is 9.88. The third-order valence-electron chi connectivity index (χ3n) is 8.02. The van der Waals surface area contributed by atoms with Gasteiger partial charge in [0.2, 0.25) is 0 Å². The first-order valence-electron chi connectivity index (χ1n) is 15.7. The van der Waals surface area contributed by atoms with E-state index in [1.807, 2.05) is 45.1 Å². The zero-order valence-corrected chi connectivity index (χ0v) is 28.4. The number of rotatable bonds is 22. The van der Waals surface area contributed by atoms with Crippen LogP contribution in [0.1, 0.15) is 58.9 Å². The largest absolute Gasteiger partial charge is 0.494 e. The summed E-state index contributed by atoms with van der Waals surface area (Å²) < 4.78 is 239. The summed E-state index contributed by atoms with van der Waals surface area (Å²) in [6.07, 6.45) is -1.87. The van der Waals surface area contributed by atoms with E-state index in [1.54, 1.807) is 6.92 Å². The van der Waals surface area contributed by atoms with Gasteiger partial charge in [0.25, 0.3) is 0 Å². The monoisotopic (exact) mass is 804 g/mol. The highest BCUT2D eigenvalue weighted by Crippen LogP contribution is 2.64. The predicted molar refractivity (Wildman–Crippen MR) is 157 cm³/mol. The first-order chi connectivity index (χ1) is 23.9. The normalized spacial score (nSPS) is 16.9. The Morgan fingerprint density at radius 3 is 1.55 bits per heavy atom. The number of hydrogen-bond acceptors (Lipinski definition) is 3. The van der Waals surface area contributed by atoms with Crippen molar-refractivity contribution in [1.29, 1.82) is 0 Å². The van der Waals surface area contributed by atoms with Gasteiger partial charge in [-0.05, 0) is 55.7 Å². The van der Waals surface area contributed by atoms with Gasteiger partial charge in [-0.3, -0.25) is 0 Å². The fourth-order valence-electron chi connectivity index (χ4n) is 4.22. The van der Waals surface area contributed by atoms with Crippen LogP contribution in [0.2, 0.25) is 0 Å². The molecule has 0 spiro atoms. The molecule has 0 heterocycles. The number of carbonyl (C=O) groups is 1. The fourth-order valence-corrected chi connectivity index (χ4v) is 4.22. The first-order valence-corrected chi connectivity index (χ1v) is 15.7. The first kappa shape index (κ1) is 48.0. The number of halogens is 17. The van der Waals surface area contributed by atoms with E-state index in [9.17, 15) is 79.4 Å². The Morgan fingerprint density at radius 2 is 1.06 bits per heavy atom. The maximum atomic E-state index is 14.1. The summed E-state index contributed by atoms with van der Waals surface area (Å²) in [5, 5.41) is 0. The zero-order chi connectivity index (χ0) is 41.5. The Morgan fingerprint density at radius 1 is 0.604 bits per heavy atom. The summed E-state index contributed by atoms with van der Waals surface area (Å²) >= 11 is 0. The lowest BCUT2D eigenvalue weighted by Crippen LogP contribution is -2.74. The predicted octanol–water partition coefficient (Wildman–Crippen LogP) is 11.8. The summed E-state index contributed by atoms with van der Waals surface area (Å²) in [7, 11) is 0. The molecular formula is C33H37F17O3. The molecule has 1 aromatic rings. The van der Waals surface area contributed by atoms with Crippen molar-refractivity contribution in [1.82, 2.24) is 0 Å².